The van der Waals surface area contributed by atoms with E-state index in [0.29, 0.717) is 23.0 Å². The molecule has 0 radical (unpaired) electrons. The summed E-state index contributed by atoms with van der Waals surface area (Å²) >= 11 is 5.98. The summed E-state index contributed by atoms with van der Waals surface area (Å²) in [6, 6.07) is 7.16. The number of rotatable bonds is 1. The average Bonchev–Trinajstić information content (AvgIpc) is 2.66. The molecule has 0 N–H and O–H groups in total. The van der Waals surface area contributed by atoms with Gasteiger partial charge in [0.25, 0.3) is 5.91 Å². The Hall–Kier alpha value is -1.10. The molecule has 0 aliphatic carbocycles. The lowest BCUT2D eigenvalue weighted by molar-refractivity contribution is -0.0170. The number of hydrogen-bond acceptors (Lipinski definition) is 3. The molecule has 2 heterocycles. The van der Waals surface area contributed by atoms with Gasteiger partial charge in [-0.05, 0) is 31.7 Å². The van der Waals surface area contributed by atoms with Crippen LogP contribution in [0.2, 0.25) is 5.02 Å². The molecule has 21 heavy (non-hydrogen) atoms. The highest BCUT2D eigenvalue weighted by Crippen LogP contribution is 2.25. The van der Waals surface area contributed by atoms with Crippen molar-refractivity contribution in [1.82, 2.24) is 9.80 Å². The number of carbonyl (C=O) groups excluding carboxylic acids is 1. The van der Waals surface area contributed by atoms with E-state index in [9.17, 15) is 4.79 Å². The van der Waals surface area contributed by atoms with Crippen molar-refractivity contribution in [3.8, 4) is 0 Å². The maximum Gasteiger partial charge on any atom is 0.253 e. The molecule has 2 aliphatic heterocycles. The maximum absolute atomic E-state index is 12.6. The van der Waals surface area contributed by atoms with E-state index in [1.807, 2.05) is 17.0 Å². The van der Waals surface area contributed by atoms with Gasteiger partial charge in [-0.2, -0.15) is 0 Å². The van der Waals surface area contributed by atoms with Gasteiger partial charge < -0.3 is 14.5 Å². The lowest BCUT2D eigenvalue weighted by Crippen LogP contribution is -2.48. The van der Waals surface area contributed by atoms with Crippen molar-refractivity contribution in [3.63, 3.8) is 0 Å². The van der Waals surface area contributed by atoms with Crippen molar-refractivity contribution < 1.29 is 9.53 Å². The molecule has 0 aromatic heterocycles. The predicted molar refractivity (Wildman–Crippen MR) is 82.7 cm³/mol. The van der Waals surface area contributed by atoms with Crippen molar-refractivity contribution in [2.24, 2.45) is 5.92 Å². The Balaban J connectivity index is 1.69. The third kappa shape index (κ3) is 3.39. The van der Waals surface area contributed by atoms with Crippen LogP contribution in [-0.2, 0) is 4.74 Å². The molecule has 5 heteroatoms. The second-order valence-corrected chi connectivity index (χ2v) is 6.42. The third-order valence-corrected chi connectivity index (χ3v) is 4.64. The van der Waals surface area contributed by atoms with E-state index in [1.165, 1.54) is 0 Å². The fourth-order valence-corrected chi connectivity index (χ4v) is 3.39. The Bertz CT molecular complexity index is 523. The first-order valence-corrected chi connectivity index (χ1v) is 7.86. The Morgan fingerprint density at radius 3 is 3.00 bits per heavy atom. The van der Waals surface area contributed by atoms with Crippen molar-refractivity contribution in [3.05, 3.63) is 34.9 Å². The summed E-state index contributed by atoms with van der Waals surface area (Å²) in [7, 11) is 2.13. The molecule has 4 nitrogen and oxygen atoms in total. The first kappa shape index (κ1) is 14.8. The van der Waals surface area contributed by atoms with E-state index in [4.69, 9.17) is 16.3 Å². The van der Waals surface area contributed by atoms with E-state index in [-0.39, 0.29) is 12.0 Å². The number of halogens is 1. The smallest absolute Gasteiger partial charge is 0.253 e. The second kappa shape index (κ2) is 6.34. The van der Waals surface area contributed by atoms with Gasteiger partial charge in [0.1, 0.15) is 0 Å². The fourth-order valence-electron chi connectivity index (χ4n) is 3.20. The molecule has 2 aliphatic rings. The van der Waals surface area contributed by atoms with Crippen LogP contribution in [-0.4, -0.2) is 61.6 Å². The van der Waals surface area contributed by atoms with E-state index in [1.54, 1.807) is 12.1 Å². The summed E-state index contributed by atoms with van der Waals surface area (Å²) in [5.74, 6) is 0.582. The van der Waals surface area contributed by atoms with Gasteiger partial charge in [0.15, 0.2) is 0 Å². The molecule has 0 unspecified atom stereocenters. The summed E-state index contributed by atoms with van der Waals surface area (Å²) in [5, 5.41) is 0.600. The second-order valence-electron chi connectivity index (χ2n) is 5.98. The van der Waals surface area contributed by atoms with Crippen molar-refractivity contribution in [1.29, 1.82) is 0 Å². The van der Waals surface area contributed by atoms with Crippen molar-refractivity contribution in [2.75, 3.05) is 39.8 Å². The molecular formula is C16H21ClN2O2. The number of amides is 1. The maximum atomic E-state index is 12.6. The van der Waals surface area contributed by atoms with Crippen LogP contribution >= 0.6 is 11.6 Å². The van der Waals surface area contributed by atoms with Crippen LogP contribution in [0.4, 0.5) is 0 Å². The van der Waals surface area contributed by atoms with Crippen LogP contribution in [0.15, 0.2) is 24.3 Å². The van der Waals surface area contributed by atoms with Gasteiger partial charge in [-0.25, -0.2) is 0 Å². The van der Waals surface area contributed by atoms with Crippen LogP contribution < -0.4 is 0 Å². The van der Waals surface area contributed by atoms with Crippen LogP contribution in [0, 0.1) is 5.92 Å². The third-order valence-electron chi connectivity index (χ3n) is 4.41. The lowest BCUT2D eigenvalue weighted by atomic mass is 9.93. The number of hydrogen-bond donors (Lipinski definition) is 0. The SMILES string of the molecule is CN1CCO[C@@H]2CN(C(=O)c3cccc(Cl)c3)CC[C@@H]2C1. The fraction of sp³-hybridized carbons (Fsp3) is 0.562. The standard InChI is InChI=1S/C16H21ClN2O2/c1-18-7-8-21-15-11-19(6-5-13(15)10-18)16(20)12-3-2-4-14(17)9-12/h2-4,9,13,15H,5-8,10-11H2,1H3/t13-,15-/m1/s1. The molecule has 1 amide bonds. The minimum Gasteiger partial charge on any atom is -0.375 e. The minimum absolute atomic E-state index is 0.0529. The van der Waals surface area contributed by atoms with E-state index in [0.717, 1.165) is 32.7 Å². The zero-order valence-corrected chi connectivity index (χ0v) is 13.1. The van der Waals surface area contributed by atoms with Crippen LogP contribution in [0.5, 0.6) is 0 Å². The highest BCUT2D eigenvalue weighted by Gasteiger charge is 2.34. The summed E-state index contributed by atoms with van der Waals surface area (Å²) in [6.07, 6.45) is 1.16. The van der Waals surface area contributed by atoms with Crippen LogP contribution in [0.3, 0.4) is 0 Å². The first-order chi connectivity index (χ1) is 10.1. The largest absolute Gasteiger partial charge is 0.375 e. The van der Waals surface area contributed by atoms with Crippen LogP contribution in [0.25, 0.3) is 0 Å². The minimum atomic E-state index is 0.0529. The van der Waals surface area contributed by atoms with Gasteiger partial charge in [0.05, 0.1) is 12.7 Å². The number of ether oxygens (including phenoxy) is 1. The van der Waals surface area contributed by atoms with Gasteiger partial charge in [0.2, 0.25) is 0 Å². The van der Waals surface area contributed by atoms with E-state index >= 15 is 0 Å². The van der Waals surface area contributed by atoms with E-state index in [2.05, 4.69) is 11.9 Å². The highest BCUT2D eigenvalue weighted by molar-refractivity contribution is 6.30. The number of carbonyl (C=O) groups is 1. The molecule has 114 valence electrons. The Morgan fingerprint density at radius 2 is 2.19 bits per heavy atom. The van der Waals surface area contributed by atoms with Gasteiger partial charge in [-0.15, -0.1) is 0 Å². The van der Waals surface area contributed by atoms with Gasteiger partial charge in [-0.1, -0.05) is 17.7 Å². The molecule has 1 aromatic carbocycles. The zero-order chi connectivity index (χ0) is 14.8. The molecular weight excluding hydrogens is 288 g/mol. The topological polar surface area (TPSA) is 32.8 Å². The molecule has 2 fully saturated rings. The molecule has 0 saturated carbocycles. The normalized spacial score (nSPS) is 27.0. The summed E-state index contributed by atoms with van der Waals surface area (Å²) in [4.78, 5) is 16.8. The summed E-state index contributed by atoms with van der Waals surface area (Å²) < 4.78 is 5.96. The summed E-state index contributed by atoms with van der Waals surface area (Å²) in [5.41, 5.74) is 0.659. The highest BCUT2D eigenvalue weighted by atomic mass is 35.5. The molecule has 0 bridgehead atoms. The lowest BCUT2D eigenvalue weighted by Gasteiger charge is -2.37. The van der Waals surface area contributed by atoms with Crippen molar-refractivity contribution in [2.45, 2.75) is 12.5 Å². The number of piperidine rings is 1. The monoisotopic (exact) mass is 308 g/mol. The Labute approximate surface area is 130 Å². The van der Waals surface area contributed by atoms with Gasteiger partial charge in [-0.3, -0.25) is 4.79 Å². The average molecular weight is 309 g/mol. The van der Waals surface area contributed by atoms with Crippen LogP contribution in [0.1, 0.15) is 16.8 Å². The van der Waals surface area contributed by atoms with Gasteiger partial charge >= 0.3 is 0 Å². The number of likely N-dealkylation sites (N-methyl/N-ethyl adjacent to an activating group) is 1. The molecule has 2 saturated heterocycles. The Kier molecular flexibility index (Phi) is 4.48. The van der Waals surface area contributed by atoms with Crippen molar-refractivity contribution >= 4 is 17.5 Å². The quantitative estimate of drug-likeness (QED) is 0.797. The Morgan fingerprint density at radius 1 is 1.33 bits per heavy atom. The van der Waals surface area contributed by atoms with E-state index < -0.39 is 0 Å². The number of fused-ring (bicyclic) bond motifs is 1. The zero-order valence-electron chi connectivity index (χ0n) is 12.3. The number of nitrogens with zero attached hydrogens (tertiary/aromatic N) is 2. The molecule has 1 aromatic rings. The predicted octanol–water partition coefficient (Wildman–Crippen LogP) is 2.13. The molecule has 2 atom stereocenters. The summed E-state index contributed by atoms with van der Waals surface area (Å²) in [6.45, 7) is 4.25. The number of benzene rings is 1. The first-order valence-electron chi connectivity index (χ1n) is 7.48. The van der Waals surface area contributed by atoms with Gasteiger partial charge in [0, 0.05) is 42.7 Å². The molecule has 0 spiro atoms. The molecule has 3 rings (SSSR count). The number of likely N-dealkylation sites (tertiary alicyclic amines) is 1.